The van der Waals surface area contributed by atoms with Gasteiger partial charge >= 0.3 is 0 Å². The maximum absolute atomic E-state index is 13.4. The minimum Gasteiger partial charge on any atom is -0.390 e. The van der Waals surface area contributed by atoms with Crippen molar-refractivity contribution in [1.29, 1.82) is 0 Å². The van der Waals surface area contributed by atoms with Gasteiger partial charge in [-0.2, -0.15) is 0 Å². The maximum Gasteiger partial charge on any atom is 0.126 e. The van der Waals surface area contributed by atoms with Gasteiger partial charge in [-0.05, 0) is 30.9 Å². The molecule has 0 radical (unpaired) electrons. The van der Waals surface area contributed by atoms with E-state index in [1.54, 1.807) is 12.1 Å². The molecule has 0 bridgehead atoms. The summed E-state index contributed by atoms with van der Waals surface area (Å²) in [5.41, 5.74) is -0.153. The molecule has 1 aliphatic rings. The van der Waals surface area contributed by atoms with Crippen LogP contribution in [0, 0.1) is 11.7 Å². The molecule has 0 heterocycles. The first kappa shape index (κ1) is 11.6. The van der Waals surface area contributed by atoms with Gasteiger partial charge in [0.15, 0.2) is 0 Å². The minimum absolute atomic E-state index is 0.212. The molecule has 1 aromatic carbocycles. The Morgan fingerprint density at radius 3 is 2.62 bits per heavy atom. The highest BCUT2D eigenvalue weighted by molar-refractivity contribution is 5.19. The fourth-order valence-electron chi connectivity index (χ4n) is 2.44. The van der Waals surface area contributed by atoms with Crippen LogP contribution in [-0.4, -0.2) is 10.7 Å². The molecule has 0 spiro atoms. The van der Waals surface area contributed by atoms with Crippen molar-refractivity contribution in [1.82, 2.24) is 0 Å². The van der Waals surface area contributed by atoms with Gasteiger partial charge in [0.1, 0.15) is 5.82 Å². The predicted molar refractivity (Wildman–Crippen MR) is 62.7 cm³/mol. The Kier molecular flexibility index (Phi) is 3.29. The van der Waals surface area contributed by atoms with Crippen LogP contribution in [0.1, 0.15) is 38.2 Å². The summed E-state index contributed by atoms with van der Waals surface area (Å²) in [7, 11) is 0. The van der Waals surface area contributed by atoms with E-state index in [0.29, 0.717) is 17.9 Å². The number of aliphatic hydroxyl groups is 1. The van der Waals surface area contributed by atoms with Crippen molar-refractivity contribution >= 4 is 0 Å². The molecular weight excluding hydrogens is 203 g/mol. The van der Waals surface area contributed by atoms with Crippen LogP contribution in [-0.2, 0) is 6.42 Å². The topological polar surface area (TPSA) is 20.2 Å². The number of hydrogen-bond donors (Lipinski definition) is 1. The lowest BCUT2D eigenvalue weighted by Gasteiger charge is -2.33. The zero-order chi connectivity index (χ0) is 11.6. The summed E-state index contributed by atoms with van der Waals surface area (Å²) < 4.78 is 13.4. The summed E-state index contributed by atoms with van der Waals surface area (Å²) >= 11 is 0. The third-order valence-electron chi connectivity index (χ3n) is 3.48. The highest BCUT2D eigenvalue weighted by Gasteiger charge is 2.29. The van der Waals surface area contributed by atoms with Gasteiger partial charge in [0.25, 0.3) is 0 Å². The molecule has 1 fully saturated rings. The fraction of sp³-hybridized carbons (Fsp3) is 0.571. The molecule has 16 heavy (non-hydrogen) atoms. The van der Waals surface area contributed by atoms with E-state index in [4.69, 9.17) is 0 Å². The van der Waals surface area contributed by atoms with E-state index in [2.05, 4.69) is 0 Å². The first-order valence-electron chi connectivity index (χ1n) is 6.03. The van der Waals surface area contributed by atoms with Gasteiger partial charge in [0.2, 0.25) is 0 Å². The van der Waals surface area contributed by atoms with Gasteiger partial charge in [-0.1, -0.05) is 37.5 Å². The summed E-state index contributed by atoms with van der Waals surface area (Å²) in [5, 5.41) is 10.3. The second-order valence-electron chi connectivity index (χ2n) is 5.27. The van der Waals surface area contributed by atoms with Crippen LogP contribution in [0.2, 0.25) is 0 Å². The van der Waals surface area contributed by atoms with E-state index in [0.717, 1.165) is 6.42 Å². The molecule has 0 aromatic heterocycles. The molecule has 1 saturated carbocycles. The van der Waals surface area contributed by atoms with Crippen molar-refractivity contribution in [2.24, 2.45) is 5.92 Å². The Labute approximate surface area is 96.3 Å². The van der Waals surface area contributed by atoms with Gasteiger partial charge in [0.05, 0.1) is 5.60 Å². The van der Waals surface area contributed by atoms with Gasteiger partial charge in [-0.3, -0.25) is 0 Å². The van der Waals surface area contributed by atoms with Crippen molar-refractivity contribution in [3.05, 3.63) is 35.6 Å². The molecule has 0 amide bonds. The number of rotatable bonds is 4. The van der Waals surface area contributed by atoms with Crippen LogP contribution >= 0.6 is 0 Å². The fourth-order valence-corrected chi connectivity index (χ4v) is 2.44. The second kappa shape index (κ2) is 4.54. The van der Waals surface area contributed by atoms with Crippen LogP contribution in [0.4, 0.5) is 4.39 Å². The van der Waals surface area contributed by atoms with Crippen LogP contribution in [0.5, 0.6) is 0 Å². The SMILES string of the molecule is CC(O)(Cc1ccccc1F)CC1CCC1. The number of benzene rings is 1. The lowest BCUT2D eigenvalue weighted by Crippen LogP contribution is -2.32. The Morgan fingerprint density at radius 1 is 1.38 bits per heavy atom. The number of hydrogen-bond acceptors (Lipinski definition) is 1. The van der Waals surface area contributed by atoms with Crippen molar-refractivity contribution in [3.63, 3.8) is 0 Å². The highest BCUT2D eigenvalue weighted by Crippen LogP contribution is 2.35. The predicted octanol–water partition coefficient (Wildman–Crippen LogP) is 3.31. The molecule has 0 aliphatic heterocycles. The lowest BCUT2D eigenvalue weighted by atomic mass is 9.76. The molecule has 1 aliphatic carbocycles. The normalized spacial score (nSPS) is 20.2. The van der Waals surface area contributed by atoms with E-state index in [1.165, 1.54) is 25.3 Å². The van der Waals surface area contributed by atoms with Crippen LogP contribution in [0.15, 0.2) is 24.3 Å². The Morgan fingerprint density at radius 2 is 2.06 bits per heavy atom. The summed E-state index contributed by atoms with van der Waals surface area (Å²) in [6.45, 7) is 1.82. The highest BCUT2D eigenvalue weighted by atomic mass is 19.1. The molecule has 1 nitrogen and oxygen atoms in total. The van der Waals surface area contributed by atoms with Crippen molar-refractivity contribution < 1.29 is 9.50 Å². The number of halogens is 1. The maximum atomic E-state index is 13.4. The zero-order valence-electron chi connectivity index (χ0n) is 9.75. The summed E-state index contributed by atoms with van der Waals surface area (Å²) in [4.78, 5) is 0. The molecule has 1 aromatic rings. The van der Waals surface area contributed by atoms with Crippen LogP contribution in [0.25, 0.3) is 0 Å². The van der Waals surface area contributed by atoms with Gasteiger partial charge < -0.3 is 5.11 Å². The largest absolute Gasteiger partial charge is 0.390 e. The van der Waals surface area contributed by atoms with Gasteiger partial charge in [-0.25, -0.2) is 4.39 Å². The third-order valence-corrected chi connectivity index (χ3v) is 3.48. The minimum atomic E-state index is -0.771. The van der Waals surface area contributed by atoms with Crippen molar-refractivity contribution in [3.8, 4) is 0 Å². The molecule has 2 heteroatoms. The molecule has 2 rings (SSSR count). The first-order valence-corrected chi connectivity index (χ1v) is 6.03. The zero-order valence-corrected chi connectivity index (χ0v) is 9.75. The molecule has 88 valence electrons. The average molecular weight is 222 g/mol. The van der Waals surface area contributed by atoms with Gasteiger partial charge in [-0.15, -0.1) is 0 Å². The smallest absolute Gasteiger partial charge is 0.126 e. The molecule has 1 N–H and O–H groups in total. The molecule has 0 saturated heterocycles. The van der Waals surface area contributed by atoms with Crippen LogP contribution in [0.3, 0.4) is 0 Å². The summed E-state index contributed by atoms with van der Waals surface area (Å²) in [6, 6.07) is 6.71. The van der Waals surface area contributed by atoms with Crippen LogP contribution < -0.4 is 0 Å². The van der Waals surface area contributed by atoms with E-state index in [9.17, 15) is 9.50 Å². The van der Waals surface area contributed by atoms with E-state index >= 15 is 0 Å². The van der Waals surface area contributed by atoms with Crippen molar-refractivity contribution in [2.45, 2.75) is 44.6 Å². The van der Waals surface area contributed by atoms with Crippen molar-refractivity contribution in [2.75, 3.05) is 0 Å². The third kappa shape index (κ3) is 2.82. The lowest BCUT2D eigenvalue weighted by molar-refractivity contribution is 0.0197. The second-order valence-corrected chi connectivity index (χ2v) is 5.27. The average Bonchev–Trinajstić information content (AvgIpc) is 2.16. The molecular formula is C14H19FO. The monoisotopic (exact) mass is 222 g/mol. The van der Waals surface area contributed by atoms with E-state index in [1.807, 2.05) is 13.0 Å². The quantitative estimate of drug-likeness (QED) is 0.828. The molecule has 1 atom stereocenters. The standard InChI is InChI=1S/C14H19FO/c1-14(16,9-11-5-4-6-11)10-12-7-2-3-8-13(12)15/h2-3,7-8,11,16H,4-6,9-10H2,1H3. The summed E-state index contributed by atoms with van der Waals surface area (Å²) in [6.07, 6.45) is 4.92. The Hall–Kier alpha value is -0.890. The van der Waals surface area contributed by atoms with Gasteiger partial charge in [0, 0.05) is 6.42 Å². The Balaban J connectivity index is 1.99. The van der Waals surface area contributed by atoms with E-state index in [-0.39, 0.29) is 5.82 Å². The first-order chi connectivity index (χ1) is 7.57. The molecule has 1 unspecified atom stereocenters. The Bertz CT molecular complexity index is 356. The summed E-state index contributed by atoms with van der Waals surface area (Å²) in [5.74, 6) is 0.429. The van der Waals surface area contributed by atoms with E-state index < -0.39 is 5.60 Å².